The monoisotopic (exact) mass is 276 g/mol. The van der Waals surface area contributed by atoms with Crippen LogP contribution in [0.4, 0.5) is 0 Å². The fourth-order valence-electron chi connectivity index (χ4n) is 2.49. The maximum atomic E-state index is 12.2. The molecular formula is C16H24N2O2. The molecule has 3 atom stereocenters. The minimum absolute atomic E-state index is 0.0490. The Morgan fingerprint density at radius 3 is 3.00 bits per heavy atom. The van der Waals surface area contributed by atoms with E-state index in [0.717, 1.165) is 30.7 Å². The van der Waals surface area contributed by atoms with Gasteiger partial charge < -0.3 is 15.4 Å². The summed E-state index contributed by atoms with van der Waals surface area (Å²) in [5.41, 5.74) is 1.13. The number of ether oxygens (including phenoxy) is 1. The van der Waals surface area contributed by atoms with Gasteiger partial charge in [0.2, 0.25) is 0 Å². The smallest absolute Gasteiger partial charge is 0.261 e. The first-order valence-corrected chi connectivity index (χ1v) is 7.33. The van der Waals surface area contributed by atoms with Crippen molar-refractivity contribution in [2.24, 2.45) is 0 Å². The fraction of sp³-hybridized carbons (Fsp3) is 0.562. The Morgan fingerprint density at radius 1 is 1.50 bits per heavy atom. The van der Waals surface area contributed by atoms with E-state index in [2.05, 4.69) is 17.6 Å². The molecule has 0 aromatic heterocycles. The standard InChI is InChI=1S/C16H24N2O2/c1-11-6-4-7-14(10-11)20-13(3)16(19)18-15-8-5-9-17-12(15)2/h4,6-7,10,12-13,15,17H,5,8-9H2,1-3H3,(H,18,19). The molecule has 0 spiro atoms. The first-order chi connectivity index (χ1) is 9.56. The van der Waals surface area contributed by atoms with E-state index in [1.165, 1.54) is 0 Å². The Labute approximate surface area is 120 Å². The van der Waals surface area contributed by atoms with Gasteiger partial charge >= 0.3 is 0 Å². The Morgan fingerprint density at radius 2 is 2.30 bits per heavy atom. The molecule has 1 fully saturated rings. The predicted octanol–water partition coefficient (Wildman–Crippen LogP) is 2.02. The van der Waals surface area contributed by atoms with E-state index >= 15 is 0 Å². The number of benzene rings is 1. The minimum atomic E-state index is -0.481. The molecular weight excluding hydrogens is 252 g/mol. The van der Waals surface area contributed by atoms with Crippen LogP contribution in [0.1, 0.15) is 32.3 Å². The average Bonchev–Trinajstić information content (AvgIpc) is 2.41. The molecule has 1 aromatic carbocycles. The van der Waals surface area contributed by atoms with Crippen LogP contribution in [0.15, 0.2) is 24.3 Å². The number of carbonyl (C=O) groups excluding carboxylic acids is 1. The maximum absolute atomic E-state index is 12.2. The summed E-state index contributed by atoms with van der Waals surface area (Å²) in [4.78, 5) is 12.2. The SMILES string of the molecule is Cc1cccc(OC(C)C(=O)NC2CCCNC2C)c1. The molecule has 1 amide bonds. The van der Waals surface area contributed by atoms with E-state index in [9.17, 15) is 4.79 Å². The molecule has 1 aromatic rings. The van der Waals surface area contributed by atoms with Crippen LogP contribution >= 0.6 is 0 Å². The third-order valence-corrected chi connectivity index (χ3v) is 3.76. The average molecular weight is 276 g/mol. The Balaban J connectivity index is 1.88. The van der Waals surface area contributed by atoms with Crippen LogP contribution in [0.5, 0.6) is 5.75 Å². The van der Waals surface area contributed by atoms with Gasteiger partial charge in [0.15, 0.2) is 6.10 Å². The summed E-state index contributed by atoms with van der Waals surface area (Å²) in [5, 5.41) is 6.45. The Bertz CT molecular complexity index is 462. The van der Waals surface area contributed by atoms with Gasteiger partial charge in [-0.15, -0.1) is 0 Å². The third-order valence-electron chi connectivity index (χ3n) is 3.76. The van der Waals surface area contributed by atoms with E-state index in [1.807, 2.05) is 31.2 Å². The van der Waals surface area contributed by atoms with Crippen molar-refractivity contribution in [1.82, 2.24) is 10.6 Å². The van der Waals surface area contributed by atoms with Crippen molar-refractivity contribution in [3.05, 3.63) is 29.8 Å². The number of carbonyl (C=O) groups is 1. The van der Waals surface area contributed by atoms with Crippen molar-refractivity contribution in [2.75, 3.05) is 6.54 Å². The highest BCUT2D eigenvalue weighted by molar-refractivity contribution is 5.81. The van der Waals surface area contributed by atoms with Crippen molar-refractivity contribution in [1.29, 1.82) is 0 Å². The van der Waals surface area contributed by atoms with Gasteiger partial charge in [-0.3, -0.25) is 4.79 Å². The molecule has 1 saturated heterocycles. The van der Waals surface area contributed by atoms with E-state index in [1.54, 1.807) is 6.92 Å². The summed E-state index contributed by atoms with van der Waals surface area (Å²) in [6, 6.07) is 8.27. The lowest BCUT2D eigenvalue weighted by Gasteiger charge is -2.31. The number of hydrogen-bond donors (Lipinski definition) is 2. The quantitative estimate of drug-likeness (QED) is 0.884. The largest absolute Gasteiger partial charge is 0.481 e. The van der Waals surface area contributed by atoms with Gasteiger partial charge in [0.25, 0.3) is 5.91 Å². The van der Waals surface area contributed by atoms with Crippen molar-refractivity contribution < 1.29 is 9.53 Å². The second-order valence-corrected chi connectivity index (χ2v) is 5.58. The van der Waals surface area contributed by atoms with Crippen LogP contribution in [0.2, 0.25) is 0 Å². The minimum Gasteiger partial charge on any atom is -0.481 e. The number of hydrogen-bond acceptors (Lipinski definition) is 3. The molecule has 1 heterocycles. The van der Waals surface area contributed by atoms with Gasteiger partial charge in [0, 0.05) is 12.1 Å². The topological polar surface area (TPSA) is 50.4 Å². The van der Waals surface area contributed by atoms with Gasteiger partial charge in [-0.05, 0) is 57.9 Å². The van der Waals surface area contributed by atoms with Gasteiger partial charge in [0.1, 0.15) is 5.75 Å². The van der Waals surface area contributed by atoms with Crippen molar-refractivity contribution >= 4 is 5.91 Å². The summed E-state index contributed by atoms with van der Waals surface area (Å²) in [7, 11) is 0. The third kappa shape index (κ3) is 3.97. The molecule has 2 rings (SSSR count). The summed E-state index contributed by atoms with van der Waals surface area (Å²) < 4.78 is 5.70. The molecule has 20 heavy (non-hydrogen) atoms. The lowest BCUT2D eigenvalue weighted by molar-refractivity contribution is -0.128. The lowest BCUT2D eigenvalue weighted by Crippen LogP contribution is -2.54. The second kappa shape index (κ2) is 6.75. The summed E-state index contributed by atoms with van der Waals surface area (Å²) in [5.74, 6) is 0.689. The highest BCUT2D eigenvalue weighted by Gasteiger charge is 2.25. The molecule has 0 bridgehead atoms. The zero-order chi connectivity index (χ0) is 14.5. The molecule has 4 nitrogen and oxygen atoms in total. The molecule has 0 radical (unpaired) electrons. The second-order valence-electron chi connectivity index (χ2n) is 5.58. The zero-order valence-electron chi connectivity index (χ0n) is 12.5. The highest BCUT2D eigenvalue weighted by atomic mass is 16.5. The Hall–Kier alpha value is -1.55. The number of rotatable bonds is 4. The van der Waals surface area contributed by atoms with Crippen LogP contribution < -0.4 is 15.4 Å². The lowest BCUT2D eigenvalue weighted by atomic mass is 10.00. The van der Waals surface area contributed by atoms with Gasteiger partial charge in [-0.1, -0.05) is 12.1 Å². The first-order valence-electron chi connectivity index (χ1n) is 7.33. The summed E-state index contributed by atoms with van der Waals surface area (Å²) >= 11 is 0. The van der Waals surface area contributed by atoms with E-state index < -0.39 is 6.10 Å². The maximum Gasteiger partial charge on any atom is 0.261 e. The Kier molecular flexibility index (Phi) is 5.01. The van der Waals surface area contributed by atoms with Gasteiger partial charge in [-0.25, -0.2) is 0 Å². The predicted molar refractivity (Wildman–Crippen MR) is 79.9 cm³/mol. The molecule has 0 aliphatic carbocycles. The molecule has 110 valence electrons. The molecule has 4 heteroatoms. The fourth-order valence-corrected chi connectivity index (χ4v) is 2.49. The van der Waals surface area contributed by atoms with Crippen LogP contribution in [0.25, 0.3) is 0 Å². The summed E-state index contributed by atoms with van der Waals surface area (Å²) in [6.07, 6.45) is 1.64. The van der Waals surface area contributed by atoms with Crippen LogP contribution in [-0.4, -0.2) is 30.6 Å². The number of aryl methyl sites for hydroxylation is 1. The van der Waals surface area contributed by atoms with Gasteiger partial charge in [0.05, 0.1) is 0 Å². The zero-order valence-corrected chi connectivity index (χ0v) is 12.5. The van der Waals surface area contributed by atoms with Crippen LogP contribution in [-0.2, 0) is 4.79 Å². The molecule has 2 N–H and O–H groups in total. The van der Waals surface area contributed by atoms with E-state index in [-0.39, 0.29) is 11.9 Å². The van der Waals surface area contributed by atoms with Gasteiger partial charge in [-0.2, -0.15) is 0 Å². The van der Waals surface area contributed by atoms with E-state index in [0.29, 0.717) is 6.04 Å². The van der Waals surface area contributed by atoms with Crippen molar-refractivity contribution in [3.8, 4) is 5.75 Å². The first kappa shape index (κ1) is 14.9. The molecule has 1 aliphatic heterocycles. The van der Waals surface area contributed by atoms with E-state index in [4.69, 9.17) is 4.74 Å². The molecule has 0 saturated carbocycles. The summed E-state index contributed by atoms with van der Waals surface area (Å²) in [6.45, 7) is 6.94. The van der Waals surface area contributed by atoms with Crippen LogP contribution in [0.3, 0.4) is 0 Å². The normalized spacial score (nSPS) is 23.9. The molecule has 3 unspecified atom stereocenters. The molecule has 1 aliphatic rings. The van der Waals surface area contributed by atoms with Crippen LogP contribution in [0, 0.1) is 6.92 Å². The van der Waals surface area contributed by atoms with Crippen molar-refractivity contribution in [3.63, 3.8) is 0 Å². The van der Waals surface area contributed by atoms with Crippen molar-refractivity contribution in [2.45, 2.75) is 51.8 Å². The highest BCUT2D eigenvalue weighted by Crippen LogP contribution is 2.15. The number of amides is 1. The number of piperidine rings is 1. The number of nitrogens with one attached hydrogen (secondary N) is 2.